The Labute approximate surface area is 208 Å². The van der Waals surface area contributed by atoms with Crippen LogP contribution in [0.5, 0.6) is 5.75 Å². The van der Waals surface area contributed by atoms with Crippen molar-refractivity contribution >= 4 is 63.9 Å². The maximum Gasteiger partial charge on any atom is 0.331 e. The van der Waals surface area contributed by atoms with Gasteiger partial charge in [0.25, 0.3) is 5.91 Å². The van der Waals surface area contributed by atoms with Crippen molar-refractivity contribution in [1.82, 2.24) is 15.5 Å². The van der Waals surface area contributed by atoms with Gasteiger partial charge in [-0.15, -0.1) is 0 Å². The minimum Gasteiger partial charge on any atom is -0.495 e. The molecule has 172 valence electrons. The van der Waals surface area contributed by atoms with Crippen molar-refractivity contribution in [1.29, 1.82) is 0 Å². The lowest BCUT2D eigenvalue weighted by Crippen LogP contribution is -2.52. The number of halogens is 2. The number of rotatable bonds is 5. The number of carbonyl (C=O) groups excluding carboxylic acids is 4. The quantitative estimate of drug-likeness (QED) is 0.320. The fraction of sp³-hybridized carbons (Fsp3) is 0.273. The van der Waals surface area contributed by atoms with E-state index in [0.29, 0.717) is 35.0 Å². The van der Waals surface area contributed by atoms with Crippen molar-refractivity contribution in [3.05, 3.63) is 58.1 Å². The molecule has 1 fully saturated rings. The van der Waals surface area contributed by atoms with Crippen LogP contribution in [0, 0.1) is 0 Å². The van der Waals surface area contributed by atoms with Gasteiger partial charge in [0.05, 0.1) is 40.7 Å². The second-order valence-corrected chi connectivity index (χ2v) is 9.02. The Kier molecular flexibility index (Phi) is 6.75. The highest BCUT2D eigenvalue weighted by Crippen LogP contribution is 2.31. The predicted octanol–water partition coefficient (Wildman–Crippen LogP) is 3.18. The molecule has 4 rings (SSSR count). The molecule has 0 radical (unpaired) electrons. The molecule has 0 bridgehead atoms. The van der Waals surface area contributed by atoms with Gasteiger partial charge in [-0.25, -0.2) is 7.91 Å². The predicted molar refractivity (Wildman–Crippen MR) is 129 cm³/mol. The van der Waals surface area contributed by atoms with Gasteiger partial charge in [0, 0.05) is 25.1 Å². The molecule has 2 aromatic carbocycles. The topological polar surface area (TPSA) is 108 Å². The van der Waals surface area contributed by atoms with Gasteiger partial charge < -0.3 is 15.0 Å². The van der Waals surface area contributed by atoms with Crippen LogP contribution in [0.2, 0.25) is 5.02 Å². The molecule has 2 aromatic rings. The number of anilines is 1. The van der Waals surface area contributed by atoms with Crippen LogP contribution < -0.4 is 18.5 Å². The van der Waals surface area contributed by atoms with E-state index in [-0.39, 0.29) is 30.8 Å². The Bertz CT molecular complexity index is 1160. The van der Waals surface area contributed by atoms with Crippen LogP contribution in [-0.2, 0) is 22.7 Å². The summed E-state index contributed by atoms with van der Waals surface area (Å²) < 4.78 is 6.52. The first-order chi connectivity index (χ1) is 15.8. The van der Waals surface area contributed by atoms with E-state index in [1.54, 1.807) is 24.3 Å². The fourth-order valence-electron chi connectivity index (χ4n) is 3.85. The third-order valence-corrected chi connectivity index (χ3v) is 6.87. The molecule has 9 nitrogen and oxygen atoms in total. The molecule has 0 aliphatic carbocycles. The molecule has 2 N–H and O–H groups in total. The normalized spacial score (nSPS) is 17.5. The van der Waals surface area contributed by atoms with Crippen LogP contribution in [-0.4, -0.2) is 41.8 Å². The smallest absolute Gasteiger partial charge is 0.331 e. The molecule has 33 heavy (non-hydrogen) atoms. The highest BCUT2D eigenvalue weighted by molar-refractivity contribution is 14.1. The average Bonchev–Trinajstić information content (AvgIpc) is 3.12. The zero-order chi connectivity index (χ0) is 23.7. The molecule has 1 saturated heterocycles. The number of methoxy groups -OCH3 is 1. The largest absolute Gasteiger partial charge is 0.495 e. The van der Waals surface area contributed by atoms with Crippen LogP contribution in [0.1, 0.15) is 34.3 Å². The summed E-state index contributed by atoms with van der Waals surface area (Å²) in [6.07, 6.45) is 0.522. The second kappa shape index (κ2) is 9.56. The minimum absolute atomic E-state index is 0.208. The molecule has 0 aromatic heterocycles. The highest BCUT2D eigenvalue weighted by atomic mass is 127. The molecule has 11 heteroatoms. The Morgan fingerprint density at radius 2 is 2.06 bits per heavy atom. The summed E-state index contributed by atoms with van der Waals surface area (Å²) in [4.78, 5) is 50.6. The molecule has 2 aliphatic heterocycles. The average molecular weight is 583 g/mol. The van der Waals surface area contributed by atoms with Gasteiger partial charge in [-0.2, -0.15) is 0 Å². The number of benzene rings is 2. The molecular formula is C22H20ClIN4O5. The van der Waals surface area contributed by atoms with Gasteiger partial charge >= 0.3 is 6.03 Å². The van der Waals surface area contributed by atoms with Crippen molar-refractivity contribution in [2.45, 2.75) is 32.0 Å². The number of nitrogens with one attached hydrogen (secondary N) is 2. The van der Waals surface area contributed by atoms with Gasteiger partial charge in [-0.1, -0.05) is 23.7 Å². The van der Waals surface area contributed by atoms with E-state index in [2.05, 4.69) is 10.6 Å². The van der Waals surface area contributed by atoms with Gasteiger partial charge in [-0.3, -0.25) is 19.7 Å². The lowest BCUT2D eigenvalue weighted by atomic mass is 10.0. The summed E-state index contributed by atoms with van der Waals surface area (Å²) in [6, 6.07) is 9.40. The Morgan fingerprint density at radius 3 is 2.76 bits per heavy atom. The standard InChI is InChI=1S/C22H20ClIN4O5/c1-33-18-6-4-14(9-16(18)23)28(24)22(32)25-10-12-2-3-13-11-27(21(31)15(13)8-12)17-5-7-19(29)26-20(17)30/h2-4,6,8-9,17H,5,7,10-11H2,1H3,(H,25,32)(H,26,29,30). The summed E-state index contributed by atoms with van der Waals surface area (Å²) in [5.74, 6) is -0.504. The number of hydrogen-bond donors (Lipinski definition) is 2. The highest BCUT2D eigenvalue weighted by Gasteiger charge is 2.39. The molecule has 2 heterocycles. The number of carbonyl (C=O) groups is 4. The van der Waals surface area contributed by atoms with E-state index < -0.39 is 11.9 Å². The van der Waals surface area contributed by atoms with Gasteiger partial charge in [-0.05, 0) is 41.8 Å². The summed E-state index contributed by atoms with van der Waals surface area (Å²) in [6.45, 7) is 0.522. The number of amides is 5. The van der Waals surface area contributed by atoms with Crippen LogP contribution in [0.25, 0.3) is 0 Å². The Hall–Kier alpha value is -2.86. The first-order valence-electron chi connectivity index (χ1n) is 10.1. The number of fused-ring (bicyclic) bond motifs is 1. The summed E-state index contributed by atoms with van der Waals surface area (Å²) in [7, 11) is 1.51. The molecule has 5 amide bonds. The van der Waals surface area contributed by atoms with Crippen LogP contribution >= 0.6 is 34.5 Å². The van der Waals surface area contributed by atoms with Crippen molar-refractivity contribution in [3.63, 3.8) is 0 Å². The van der Waals surface area contributed by atoms with Crippen molar-refractivity contribution in [2.24, 2.45) is 0 Å². The van der Waals surface area contributed by atoms with E-state index in [4.69, 9.17) is 16.3 Å². The number of nitrogens with zero attached hydrogens (tertiary/aromatic N) is 2. The van der Waals surface area contributed by atoms with E-state index in [0.717, 1.165) is 11.1 Å². The number of urea groups is 1. The minimum atomic E-state index is -0.658. The number of ether oxygens (including phenoxy) is 1. The van der Waals surface area contributed by atoms with Crippen molar-refractivity contribution < 1.29 is 23.9 Å². The van der Waals surface area contributed by atoms with Crippen LogP contribution in [0.3, 0.4) is 0 Å². The van der Waals surface area contributed by atoms with Gasteiger partial charge in [0.15, 0.2) is 0 Å². The molecule has 1 unspecified atom stereocenters. The first kappa shape index (κ1) is 23.3. The third-order valence-electron chi connectivity index (χ3n) is 5.58. The second-order valence-electron chi connectivity index (χ2n) is 7.65. The van der Waals surface area contributed by atoms with Crippen molar-refractivity contribution in [3.8, 4) is 5.75 Å². The first-order valence-corrected chi connectivity index (χ1v) is 11.5. The molecule has 0 saturated carbocycles. The van der Waals surface area contributed by atoms with E-state index >= 15 is 0 Å². The third kappa shape index (κ3) is 4.76. The van der Waals surface area contributed by atoms with Gasteiger partial charge in [0.1, 0.15) is 11.8 Å². The van der Waals surface area contributed by atoms with E-state index in [1.165, 1.54) is 15.1 Å². The number of hydrogen-bond acceptors (Lipinski definition) is 5. The molecule has 1 atom stereocenters. The molecular weight excluding hydrogens is 563 g/mol. The van der Waals surface area contributed by atoms with Crippen LogP contribution in [0.4, 0.5) is 10.5 Å². The zero-order valence-electron chi connectivity index (χ0n) is 17.6. The number of imide groups is 1. The summed E-state index contributed by atoms with van der Waals surface area (Å²) in [5, 5.41) is 5.50. The fourth-order valence-corrected chi connectivity index (χ4v) is 4.58. The van der Waals surface area contributed by atoms with E-state index in [9.17, 15) is 19.2 Å². The van der Waals surface area contributed by atoms with Gasteiger partial charge in [0.2, 0.25) is 11.8 Å². The zero-order valence-corrected chi connectivity index (χ0v) is 20.5. The Balaban J connectivity index is 1.40. The van der Waals surface area contributed by atoms with E-state index in [1.807, 2.05) is 35.0 Å². The summed E-state index contributed by atoms with van der Waals surface area (Å²) >= 11 is 8.02. The maximum atomic E-state index is 12.9. The lowest BCUT2D eigenvalue weighted by molar-refractivity contribution is -0.136. The molecule has 2 aliphatic rings. The lowest BCUT2D eigenvalue weighted by Gasteiger charge is -2.29. The van der Waals surface area contributed by atoms with Crippen molar-refractivity contribution in [2.75, 3.05) is 10.2 Å². The monoisotopic (exact) mass is 582 g/mol. The Morgan fingerprint density at radius 1 is 1.27 bits per heavy atom. The van der Waals surface area contributed by atoms with Crippen LogP contribution in [0.15, 0.2) is 36.4 Å². The summed E-state index contributed by atoms with van der Waals surface area (Å²) in [5.41, 5.74) is 2.64. The molecule has 0 spiro atoms. The maximum absolute atomic E-state index is 12.9. The number of piperidine rings is 1. The SMILES string of the molecule is COc1ccc(N(I)C(=O)NCc2ccc3c(c2)C(=O)N(C2CCC(=O)NC2=O)C3)cc1Cl.